The Labute approximate surface area is 166 Å². The van der Waals surface area contributed by atoms with Crippen LogP contribution in [0.1, 0.15) is 29.8 Å². The number of fused-ring (bicyclic) bond motifs is 1. The summed E-state index contributed by atoms with van der Waals surface area (Å²) in [5.41, 5.74) is 3.00. The van der Waals surface area contributed by atoms with E-state index in [4.69, 9.17) is 0 Å². The number of para-hydroxylation sites is 1. The Balaban J connectivity index is 1.62. The summed E-state index contributed by atoms with van der Waals surface area (Å²) in [5.74, 6) is 0.00193. The zero-order valence-corrected chi connectivity index (χ0v) is 17.0. The molecule has 0 atom stereocenters. The van der Waals surface area contributed by atoms with Crippen molar-refractivity contribution in [3.05, 3.63) is 53.6 Å². The van der Waals surface area contributed by atoms with E-state index < -0.39 is 0 Å². The lowest BCUT2D eigenvalue weighted by Gasteiger charge is -2.12. The van der Waals surface area contributed by atoms with Gasteiger partial charge in [0.05, 0.1) is 16.0 Å². The molecule has 7 heteroatoms. The number of aromatic nitrogens is 1. The average molecular weight is 400 g/mol. The van der Waals surface area contributed by atoms with Gasteiger partial charge >= 0.3 is 0 Å². The molecule has 0 saturated carbocycles. The van der Waals surface area contributed by atoms with Crippen LogP contribution in [-0.2, 0) is 4.79 Å². The van der Waals surface area contributed by atoms with Gasteiger partial charge in [0.15, 0.2) is 4.34 Å². The molecule has 0 spiro atoms. The van der Waals surface area contributed by atoms with Crippen molar-refractivity contribution < 1.29 is 9.59 Å². The largest absolute Gasteiger partial charge is 0.350 e. The first-order chi connectivity index (χ1) is 12.9. The molecule has 3 rings (SSSR count). The molecular weight excluding hydrogens is 378 g/mol. The van der Waals surface area contributed by atoms with Crippen molar-refractivity contribution in [3.63, 3.8) is 0 Å². The Bertz CT molecular complexity index is 949. The van der Waals surface area contributed by atoms with Crippen LogP contribution in [0.5, 0.6) is 0 Å². The van der Waals surface area contributed by atoms with Crippen LogP contribution < -0.4 is 10.6 Å². The SMILES string of the molecule is Cc1ccc(NC(=O)CSc2nc3ccccc3s2)cc1C(=O)NC(C)C. The van der Waals surface area contributed by atoms with Crippen molar-refractivity contribution in [3.8, 4) is 0 Å². The van der Waals surface area contributed by atoms with Crippen molar-refractivity contribution in [1.82, 2.24) is 10.3 Å². The van der Waals surface area contributed by atoms with Crippen LogP contribution >= 0.6 is 23.1 Å². The number of thiazole rings is 1. The Morgan fingerprint density at radius 3 is 2.70 bits per heavy atom. The van der Waals surface area contributed by atoms with Crippen LogP contribution in [0.3, 0.4) is 0 Å². The van der Waals surface area contributed by atoms with E-state index in [2.05, 4.69) is 15.6 Å². The molecule has 27 heavy (non-hydrogen) atoms. The first-order valence-corrected chi connectivity index (χ1v) is 10.4. The molecule has 0 aliphatic rings. The quantitative estimate of drug-likeness (QED) is 0.600. The van der Waals surface area contributed by atoms with Crippen molar-refractivity contribution in [2.45, 2.75) is 31.2 Å². The van der Waals surface area contributed by atoms with E-state index in [1.54, 1.807) is 17.4 Å². The number of thioether (sulfide) groups is 1. The van der Waals surface area contributed by atoms with Crippen LogP contribution in [0.25, 0.3) is 10.2 Å². The second kappa shape index (κ2) is 8.54. The predicted molar refractivity (Wildman–Crippen MR) is 113 cm³/mol. The van der Waals surface area contributed by atoms with Gasteiger partial charge in [-0.3, -0.25) is 9.59 Å². The highest BCUT2D eigenvalue weighted by Gasteiger charge is 2.13. The fraction of sp³-hybridized carbons (Fsp3) is 0.250. The summed E-state index contributed by atoms with van der Waals surface area (Å²) in [6.45, 7) is 5.71. The highest BCUT2D eigenvalue weighted by atomic mass is 32.2. The van der Waals surface area contributed by atoms with Gasteiger partial charge in [-0.15, -0.1) is 11.3 Å². The number of carbonyl (C=O) groups excluding carboxylic acids is 2. The van der Waals surface area contributed by atoms with E-state index in [1.807, 2.05) is 57.2 Å². The summed E-state index contributed by atoms with van der Waals surface area (Å²) in [7, 11) is 0. The molecule has 5 nitrogen and oxygen atoms in total. The third-order valence-electron chi connectivity index (χ3n) is 3.79. The van der Waals surface area contributed by atoms with E-state index in [1.165, 1.54) is 11.8 Å². The van der Waals surface area contributed by atoms with Crippen LogP contribution in [-0.4, -0.2) is 28.6 Å². The highest BCUT2D eigenvalue weighted by molar-refractivity contribution is 8.01. The number of hydrogen-bond acceptors (Lipinski definition) is 5. The number of carbonyl (C=O) groups is 2. The third kappa shape index (κ3) is 5.08. The van der Waals surface area contributed by atoms with Gasteiger partial charge in [-0.25, -0.2) is 4.98 Å². The summed E-state index contributed by atoms with van der Waals surface area (Å²) >= 11 is 2.99. The van der Waals surface area contributed by atoms with Gasteiger partial charge in [0.2, 0.25) is 5.91 Å². The molecular formula is C20H21N3O2S2. The van der Waals surface area contributed by atoms with Crippen molar-refractivity contribution in [2.75, 3.05) is 11.1 Å². The van der Waals surface area contributed by atoms with Gasteiger partial charge in [-0.05, 0) is 50.6 Å². The van der Waals surface area contributed by atoms with Crippen LogP contribution in [0, 0.1) is 6.92 Å². The van der Waals surface area contributed by atoms with E-state index in [-0.39, 0.29) is 23.6 Å². The molecule has 3 aromatic rings. The number of hydrogen-bond donors (Lipinski definition) is 2. The first kappa shape index (κ1) is 19.4. The summed E-state index contributed by atoms with van der Waals surface area (Å²) < 4.78 is 1.98. The minimum atomic E-state index is -0.137. The maximum atomic E-state index is 12.3. The summed E-state index contributed by atoms with van der Waals surface area (Å²) in [6.07, 6.45) is 0. The molecule has 1 aromatic heterocycles. The summed E-state index contributed by atoms with van der Waals surface area (Å²) in [6, 6.07) is 13.3. The standard InChI is InChI=1S/C20H21N3O2S2/c1-12(2)21-19(25)15-10-14(9-8-13(15)3)22-18(24)11-26-20-23-16-6-4-5-7-17(16)27-20/h4-10,12H,11H2,1-3H3,(H,21,25)(H,22,24). The monoisotopic (exact) mass is 399 g/mol. The van der Waals surface area contributed by atoms with Gasteiger partial charge < -0.3 is 10.6 Å². The zero-order chi connectivity index (χ0) is 19.4. The number of amides is 2. The maximum Gasteiger partial charge on any atom is 0.251 e. The molecule has 0 radical (unpaired) electrons. The number of benzene rings is 2. The molecule has 0 aliphatic heterocycles. The summed E-state index contributed by atoms with van der Waals surface area (Å²) in [4.78, 5) is 29.1. The maximum absolute atomic E-state index is 12.3. The van der Waals surface area contributed by atoms with Gasteiger partial charge in [0.1, 0.15) is 0 Å². The molecule has 0 saturated heterocycles. The molecule has 140 valence electrons. The van der Waals surface area contributed by atoms with Crippen LogP contribution in [0.15, 0.2) is 46.8 Å². The molecule has 2 N–H and O–H groups in total. The van der Waals surface area contributed by atoms with Crippen LogP contribution in [0.2, 0.25) is 0 Å². The lowest BCUT2D eigenvalue weighted by molar-refractivity contribution is -0.113. The van der Waals surface area contributed by atoms with Gasteiger partial charge in [-0.2, -0.15) is 0 Å². The van der Waals surface area contributed by atoms with E-state index in [9.17, 15) is 9.59 Å². The van der Waals surface area contributed by atoms with E-state index >= 15 is 0 Å². The first-order valence-electron chi connectivity index (χ1n) is 8.62. The molecule has 2 aromatic carbocycles. The molecule has 2 amide bonds. The van der Waals surface area contributed by atoms with Crippen molar-refractivity contribution >= 4 is 50.8 Å². The van der Waals surface area contributed by atoms with Gasteiger partial charge in [-0.1, -0.05) is 30.0 Å². The minimum Gasteiger partial charge on any atom is -0.350 e. The van der Waals surface area contributed by atoms with Crippen molar-refractivity contribution in [1.29, 1.82) is 0 Å². The summed E-state index contributed by atoms with van der Waals surface area (Å²) in [5, 5.41) is 5.74. The lowest BCUT2D eigenvalue weighted by Crippen LogP contribution is -2.30. The topological polar surface area (TPSA) is 71.1 Å². The van der Waals surface area contributed by atoms with E-state index in [0.29, 0.717) is 11.3 Å². The second-order valence-corrected chi connectivity index (χ2v) is 8.70. The van der Waals surface area contributed by atoms with Gasteiger partial charge in [0.25, 0.3) is 5.91 Å². The van der Waals surface area contributed by atoms with Crippen LogP contribution in [0.4, 0.5) is 5.69 Å². The van der Waals surface area contributed by atoms with Crippen molar-refractivity contribution in [2.24, 2.45) is 0 Å². The number of rotatable bonds is 6. The Hall–Kier alpha value is -2.38. The smallest absolute Gasteiger partial charge is 0.251 e. The average Bonchev–Trinajstić information content (AvgIpc) is 3.04. The molecule has 0 aliphatic carbocycles. The molecule has 0 unspecified atom stereocenters. The fourth-order valence-corrected chi connectivity index (χ4v) is 4.39. The Kier molecular flexibility index (Phi) is 6.13. The minimum absolute atomic E-state index is 0.0559. The Morgan fingerprint density at radius 2 is 1.96 bits per heavy atom. The normalized spacial score (nSPS) is 11.0. The highest BCUT2D eigenvalue weighted by Crippen LogP contribution is 2.29. The van der Waals surface area contributed by atoms with Gasteiger partial charge in [0, 0.05) is 17.3 Å². The number of nitrogens with one attached hydrogen (secondary N) is 2. The lowest BCUT2D eigenvalue weighted by atomic mass is 10.1. The second-order valence-electron chi connectivity index (χ2n) is 6.44. The number of nitrogens with zero attached hydrogens (tertiary/aromatic N) is 1. The van der Waals surface area contributed by atoms with E-state index in [0.717, 1.165) is 20.1 Å². The zero-order valence-electron chi connectivity index (χ0n) is 15.4. The predicted octanol–water partition coefficient (Wildman–Crippen LogP) is 4.47. The molecule has 0 bridgehead atoms. The molecule has 0 fully saturated rings. The number of anilines is 1. The Morgan fingerprint density at radius 1 is 1.19 bits per heavy atom. The molecule has 1 heterocycles. The number of aryl methyl sites for hydroxylation is 1. The fourth-order valence-electron chi connectivity index (χ4n) is 2.52. The third-order valence-corrected chi connectivity index (χ3v) is 5.97.